The van der Waals surface area contributed by atoms with Crippen LogP contribution >= 0.6 is 12.4 Å². The summed E-state index contributed by atoms with van der Waals surface area (Å²) in [6.07, 6.45) is 0. The number of hydrogen-bond acceptors (Lipinski definition) is 4. The molecule has 0 aliphatic carbocycles. The molecule has 0 bridgehead atoms. The lowest BCUT2D eigenvalue weighted by molar-refractivity contribution is 0.0909. The number of ether oxygens (including phenoxy) is 1. The van der Waals surface area contributed by atoms with E-state index in [4.69, 9.17) is 14.9 Å². The van der Waals surface area contributed by atoms with Gasteiger partial charge in [-0.15, -0.1) is 12.4 Å². The summed E-state index contributed by atoms with van der Waals surface area (Å²) in [6, 6.07) is 8.77. The molecule has 0 radical (unpaired) electrons. The first-order valence-electron chi connectivity index (χ1n) is 6.56. The second kappa shape index (κ2) is 8.41. The van der Waals surface area contributed by atoms with Crippen LogP contribution in [-0.4, -0.2) is 18.5 Å². The van der Waals surface area contributed by atoms with Gasteiger partial charge in [0.2, 0.25) is 0 Å². The lowest BCUT2D eigenvalue weighted by Crippen LogP contribution is -2.37. The van der Waals surface area contributed by atoms with E-state index in [2.05, 4.69) is 5.32 Å². The monoisotopic (exact) mass is 328 g/mol. The van der Waals surface area contributed by atoms with Crippen LogP contribution < -0.4 is 15.8 Å². The highest BCUT2D eigenvalue weighted by atomic mass is 35.5. The van der Waals surface area contributed by atoms with Crippen molar-refractivity contribution in [2.24, 2.45) is 5.73 Å². The van der Waals surface area contributed by atoms with Crippen LogP contribution in [0.2, 0.25) is 0 Å². The first-order valence-corrected chi connectivity index (χ1v) is 6.56. The molecule has 0 saturated heterocycles. The highest BCUT2D eigenvalue weighted by Crippen LogP contribution is 2.15. The van der Waals surface area contributed by atoms with Crippen molar-refractivity contribution in [2.45, 2.75) is 19.6 Å². The van der Waals surface area contributed by atoms with Crippen LogP contribution in [0.15, 0.2) is 40.8 Å². The van der Waals surface area contributed by atoms with Crippen molar-refractivity contribution >= 4 is 18.3 Å². The highest BCUT2D eigenvalue weighted by molar-refractivity contribution is 5.91. The molecule has 2 aromatic rings. The molecule has 0 fully saturated rings. The fourth-order valence-electron chi connectivity index (χ4n) is 1.62. The Labute approximate surface area is 134 Å². The molecule has 0 spiro atoms. The molecule has 0 saturated carbocycles. The quantitative estimate of drug-likeness (QED) is 0.854. The molecule has 5 nitrogen and oxygen atoms in total. The minimum atomic E-state index is -0.326. The van der Waals surface area contributed by atoms with Gasteiger partial charge in [-0.25, -0.2) is 4.39 Å². The van der Waals surface area contributed by atoms with E-state index in [0.29, 0.717) is 18.1 Å². The van der Waals surface area contributed by atoms with Crippen molar-refractivity contribution in [2.75, 3.05) is 6.54 Å². The van der Waals surface area contributed by atoms with Crippen molar-refractivity contribution in [3.05, 3.63) is 53.7 Å². The molecule has 22 heavy (non-hydrogen) atoms. The number of halogens is 2. The van der Waals surface area contributed by atoms with E-state index in [-0.39, 0.29) is 42.5 Å². The molecular weight excluding hydrogens is 311 g/mol. The predicted molar refractivity (Wildman–Crippen MR) is 82.7 cm³/mol. The Morgan fingerprint density at radius 1 is 1.32 bits per heavy atom. The van der Waals surface area contributed by atoms with Gasteiger partial charge in [0.15, 0.2) is 5.76 Å². The Kier molecular flexibility index (Phi) is 6.88. The molecule has 7 heteroatoms. The van der Waals surface area contributed by atoms with Gasteiger partial charge in [0.1, 0.15) is 23.9 Å². The molecular formula is C15H18ClFN2O3. The number of carbonyl (C=O) groups is 1. The number of amides is 1. The highest BCUT2D eigenvalue weighted by Gasteiger charge is 2.13. The molecule has 0 aliphatic heterocycles. The number of carbonyl (C=O) groups excluding carboxylic acids is 1. The molecule has 1 aromatic carbocycles. The summed E-state index contributed by atoms with van der Waals surface area (Å²) in [6.45, 7) is 2.32. The summed E-state index contributed by atoms with van der Waals surface area (Å²) < 4.78 is 23.6. The smallest absolute Gasteiger partial charge is 0.287 e. The first kappa shape index (κ1) is 18.0. The largest absolute Gasteiger partial charge is 0.486 e. The van der Waals surface area contributed by atoms with Crippen molar-refractivity contribution in [3.8, 4) is 5.75 Å². The maximum atomic E-state index is 12.7. The third-order valence-electron chi connectivity index (χ3n) is 2.81. The molecule has 3 N–H and O–H groups in total. The summed E-state index contributed by atoms with van der Waals surface area (Å²) in [7, 11) is 0. The zero-order valence-electron chi connectivity index (χ0n) is 12.0. The Bertz CT molecular complexity index is 601. The van der Waals surface area contributed by atoms with E-state index >= 15 is 0 Å². The molecule has 1 heterocycles. The number of furan rings is 1. The summed E-state index contributed by atoms with van der Waals surface area (Å²) >= 11 is 0. The van der Waals surface area contributed by atoms with E-state index in [9.17, 15) is 9.18 Å². The Morgan fingerprint density at radius 2 is 2.00 bits per heavy atom. The molecule has 1 atom stereocenters. The summed E-state index contributed by atoms with van der Waals surface area (Å²) in [5.41, 5.74) is 5.43. The van der Waals surface area contributed by atoms with Gasteiger partial charge in [0.25, 0.3) is 5.91 Å². The van der Waals surface area contributed by atoms with Crippen molar-refractivity contribution in [3.63, 3.8) is 0 Å². The summed E-state index contributed by atoms with van der Waals surface area (Å²) in [5.74, 6) is 0.586. The van der Waals surface area contributed by atoms with Gasteiger partial charge in [-0.2, -0.15) is 0 Å². The fraction of sp³-hybridized carbons (Fsp3) is 0.267. The predicted octanol–water partition coefficient (Wildman–Crippen LogP) is 2.50. The number of nitrogens with two attached hydrogens (primary N) is 1. The van der Waals surface area contributed by atoms with Crippen LogP contribution in [0, 0.1) is 5.82 Å². The SMILES string of the molecule is C[C@@H](CN)NC(=O)c1ccc(COc2ccc(F)cc2)o1.Cl. The van der Waals surface area contributed by atoms with Gasteiger partial charge in [-0.3, -0.25) is 4.79 Å². The molecule has 0 aliphatic rings. The van der Waals surface area contributed by atoms with Gasteiger partial charge >= 0.3 is 0 Å². The maximum Gasteiger partial charge on any atom is 0.287 e. The standard InChI is InChI=1S/C15H17FN2O3.ClH/c1-10(8-17)18-15(19)14-7-6-13(21-14)9-20-12-4-2-11(16)3-5-12;/h2-7,10H,8-9,17H2,1H3,(H,18,19);1H/t10-;/m0./s1. The number of benzene rings is 1. The van der Waals surface area contributed by atoms with Crippen LogP contribution in [0.25, 0.3) is 0 Å². The van der Waals surface area contributed by atoms with Gasteiger partial charge in [-0.05, 0) is 43.3 Å². The molecule has 0 unspecified atom stereocenters. The molecule has 1 amide bonds. The Balaban J connectivity index is 0.00000242. The normalized spacial score (nSPS) is 11.4. The van der Waals surface area contributed by atoms with Gasteiger partial charge in [0, 0.05) is 12.6 Å². The van der Waals surface area contributed by atoms with Gasteiger partial charge in [0.05, 0.1) is 0 Å². The number of rotatable bonds is 6. The maximum absolute atomic E-state index is 12.7. The van der Waals surface area contributed by atoms with Gasteiger partial charge in [-0.1, -0.05) is 0 Å². The first-order chi connectivity index (χ1) is 10.1. The van der Waals surface area contributed by atoms with Gasteiger partial charge < -0.3 is 20.2 Å². The molecule has 120 valence electrons. The van der Waals surface area contributed by atoms with Crippen LogP contribution in [0.1, 0.15) is 23.2 Å². The van der Waals surface area contributed by atoms with Crippen molar-refractivity contribution < 1.29 is 18.3 Å². The van der Waals surface area contributed by atoms with E-state index in [0.717, 1.165) is 0 Å². The fourth-order valence-corrected chi connectivity index (χ4v) is 1.62. The number of nitrogens with one attached hydrogen (secondary N) is 1. The van der Waals surface area contributed by atoms with Crippen molar-refractivity contribution in [1.82, 2.24) is 5.32 Å². The third kappa shape index (κ3) is 5.05. The topological polar surface area (TPSA) is 77.5 Å². The van der Waals surface area contributed by atoms with Crippen LogP contribution in [0.5, 0.6) is 5.75 Å². The number of hydrogen-bond donors (Lipinski definition) is 2. The zero-order valence-corrected chi connectivity index (χ0v) is 12.9. The van der Waals surface area contributed by atoms with E-state index in [1.165, 1.54) is 24.3 Å². The second-order valence-electron chi connectivity index (χ2n) is 4.62. The van der Waals surface area contributed by atoms with E-state index < -0.39 is 0 Å². The summed E-state index contributed by atoms with van der Waals surface area (Å²) in [5, 5.41) is 2.70. The minimum Gasteiger partial charge on any atom is -0.486 e. The summed E-state index contributed by atoms with van der Waals surface area (Å²) in [4.78, 5) is 11.8. The van der Waals surface area contributed by atoms with Crippen LogP contribution in [0.4, 0.5) is 4.39 Å². The van der Waals surface area contributed by atoms with E-state index in [1.807, 2.05) is 0 Å². The second-order valence-corrected chi connectivity index (χ2v) is 4.62. The zero-order chi connectivity index (χ0) is 15.2. The average Bonchev–Trinajstić information content (AvgIpc) is 2.95. The lowest BCUT2D eigenvalue weighted by Gasteiger charge is -2.09. The Morgan fingerprint density at radius 3 is 2.64 bits per heavy atom. The van der Waals surface area contributed by atoms with Crippen LogP contribution in [-0.2, 0) is 6.61 Å². The van der Waals surface area contributed by atoms with Crippen molar-refractivity contribution in [1.29, 1.82) is 0 Å². The third-order valence-corrected chi connectivity index (χ3v) is 2.81. The minimum absolute atomic E-state index is 0. The lowest BCUT2D eigenvalue weighted by atomic mass is 10.3. The molecule has 2 rings (SSSR count). The van der Waals surface area contributed by atoms with Crippen LogP contribution in [0.3, 0.4) is 0 Å². The average molecular weight is 329 g/mol. The Hall–Kier alpha value is -2.05. The molecule has 1 aromatic heterocycles. The van der Waals surface area contributed by atoms with E-state index in [1.54, 1.807) is 19.1 Å².